The van der Waals surface area contributed by atoms with Crippen molar-refractivity contribution in [1.82, 2.24) is 15.0 Å². The van der Waals surface area contributed by atoms with Gasteiger partial charge in [-0.1, -0.05) is 11.6 Å². The summed E-state index contributed by atoms with van der Waals surface area (Å²) in [6.07, 6.45) is 0. The van der Waals surface area contributed by atoms with Crippen molar-refractivity contribution in [1.29, 1.82) is 0 Å². The summed E-state index contributed by atoms with van der Waals surface area (Å²) in [7, 11) is 0. The highest BCUT2D eigenvalue weighted by Gasteiger charge is 2.08. The van der Waals surface area contributed by atoms with E-state index in [1.54, 1.807) is 6.92 Å². The molecule has 0 atom stereocenters. The fraction of sp³-hybridized carbons (Fsp3) is 0.182. The topological polar surface area (TPSA) is 98.0 Å². The van der Waals surface area contributed by atoms with Crippen LogP contribution in [0.3, 0.4) is 0 Å². The van der Waals surface area contributed by atoms with E-state index in [2.05, 4.69) is 25.7 Å². The summed E-state index contributed by atoms with van der Waals surface area (Å²) in [5, 5.41) is 2.85. The van der Waals surface area contributed by atoms with Gasteiger partial charge in [-0.25, -0.2) is 10.2 Å². The fourth-order valence-corrected chi connectivity index (χ4v) is 1.55. The number of ether oxygens (including phenoxy) is 1. The van der Waals surface area contributed by atoms with Crippen LogP contribution in [0.25, 0.3) is 0 Å². The molecule has 20 heavy (non-hydrogen) atoms. The highest BCUT2D eigenvalue weighted by Crippen LogP contribution is 2.22. The molecule has 0 saturated heterocycles. The number of hydrogen-bond acceptors (Lipinski definition) is 7. The third-order valence-corrected chi connectivity index (χ3v) is 2.48. The second kappa shape index (κ2) is 6.31. The highest BCUT2D eigenvalue weighted by molar-refractivity contribution is 6.31. The van der Waals surface area contributed by atoms with Gasteiger partial charge in [0, 0.05) is 5.69 Å². The maximum Gasteiger partial charge on any atom is 0.323 e. The molecule has 1 heterocycles. The summed E-state index contributed by atoms with van der Waals surface area (Å²) >= 11 is 5.69. The molecule has 0 aliphatic rings. The van der Waals surface area contributed by atoms with Gasteiger partial charge in [-0.15, -0.1) is 0 Å². The lowest BCUT2D eigenvalue weighted by atomic mass is 10.3. The molecule has 0 radical (unpaired) electrons. The van der Waals surface area contributed by atoms with Gasteiger partial charge in [0.05, 0.1) is 11.6 Å². The Kier molecular flexibility index (Phi) is 4.49. The van der Waals surface area contributed by atoms with Crippen LogP contribution < -0.4 is 21.3 Å². The Balaban J connectivity index is 2.27. The van der Waals surface area contributed by atoms with Crippen LogP contribution >= 0.6 is 11.6 Å². The first-order valence-corrected chi connectivity index (χ1v) is 6.07. The van der Waals surface area contributed by atoms with E-state index < -0.39 is 5.82 Å². The van der Waals surface area contributed by atoms with Crippen molar-refractivity contribution in [2.75, 3.05) is 17.3 Å². The first kappa shape index (κ1) is 14.2. The van der Waals surface area contributed by atoms with Crippen molar-refractivity contribution >= 4 is 29.2 Å². The van der Waals surface area contributed by atoms with E-state index >= 15 is 0 Å². The number of nitrogens with zero attached hydrogens (tertiary/aromatic N) is 3. The normalized spacial score (nSPS) is 10.2. The quantitative estimate of drug-likeness (QED) is 0.574. The van der Waals surface area contributed by atoms with Crippen molar-refractivity contribution in [3.8, 4) is 6.01 Å². The van der Waals surface area contributed by atoms with Crippen molar-refractivity contribution in [2.45, 2.75) is 6.92 Å². The lowest BCUT2D eigenvalue weighted by molar-refractivity contribution is 0.312. The van der Waals surface area contributed by atoms with Crippen molar-refractivity contribution in [3.05, 3.63) is 29.0 Å². The van der Waals surface area contributed by atoms with E-state index in [-0.39, 0.29) is 22.9 Å². The lowest BCUT2D eigenvalue weighted by Crippen LogP contribution is -2.13. The average Bonchev–Trinajstić information content (AvgIpc) is 2.43. The maximum absolute atomic E-state index is 13.1. The second-order valence-corrected chi connectivity index (χ2v) is 4.00. The minimum Gasteiger partial charge on any atom is -0.464 e. The third kappa shape index (κ3) is 3.43. The molecule has 9 heteroatoms. The van der Waals surface area contributed by atoms with Crippen LogP contribution in [0.4, 0.5) is 22.0 Å². The number of anilines is 3. The monoisotopic (exact) mass is 298 g/mol. The van der Waals surface area contributed by atoms with Crippen LogP contribution in [0.1, 0.15) is 6.92 Å². The molecule has 2 aromatic rings. The Hall–Kier alpha value is -2.19. The summed E-state index contributed by atoms with van der Waals surface area (Å²) in [5.41, 5.74) is 2.83. The summed E-state index contributed by atoms with van der Waals surface area (Å²) < 4.78 is 18.3. The van der Waals surface area contributed by atoms with Gasteiger partial charge in [-0.05, 0) is 25.1 Å². The Bertz CT molecular complexity index is 611. The van der Waals surface area contributed by atoms with Crippen molar-refractivity contribution in [2.24, 2.45) is 5.84 Å². The molecule has 0 aliphatic heterocycles. The predicted octanol–water partition coefficient (Wildman–Crippen LogP) is 2.09. The van der Waals surface area contributed by atoms with Crippen LogP contribution in [0.2, 0.25) is 5.02 Å². The number of benzene rings is 1. The van der Waals surface area contributed by atoms with Gasteiger partial charge < -0.3 is 10.1 Å². The van der Waals surface area contributed by atoms with Gasteiger partial charge in [-0.3, -0.25) is 5.43 Å². The van der Waals surface area contributed by atoms with Gasteiger partial charge in [0.25, 0.3) is 0 Å². The molecule has 7 nitrogen and oxygen atoms in total. The van der Waals surface area contributed by atoms with Crippen molar-refractivity contribution in [3.63, 3.8) is 0 Å². The van der Waals surface area contributed by atoms with E-state index in [9.17, 15) is 4.39 Å². The zero-order chi connectivity index (χ0) is 14.5. The Labute approximate surface area is 119 Å². The van der Waals surface area contributed by atoms with Crippen LogP contribution in [0.15, 0.2) is 18.2 Å². The number of halogens is 2. The number of nitrogens with two attached hydrogens (primary N) is 1. The molecule has 0 unspecified atom stereocenters. The van der Waals surface area contributed by atoms with Crippen LogP contribution in [0.5, 0.6) is 6.01 Å². The predicted molar refractivity (Wildman–Crippen MR) is 73.5 cm³/mol. The molecular formula is C11H12ClFN6O. The van der Waals surface area contributed by atoms with Gasteiger partial charge in [0.1, 0.15) is 5.82 Å². The van der Waals surface area contributed by atoms with Crippen LogP contribution in [-0.2, 0) is 0 Å². The number of hydrazine groups is 1. The maximum atomic E-state index is 13.1. The third-order valence-electron chi connectivity index (χ3n) is 2.19. The first-order chi connectivity index (χ1) is 9.62. The molecule has 0 saturated carbocycles. The van der Waals surface area contributed by atoms with Gasteiger partial charge in [-0.2, -0.15) is 15.0 Å². The zero-order valence-electron chi connectivity index (χ0n) is 10.5. The Morgan fingerprint density at radius 3 is 2.70 bits per heavy atom. The summed E-state index contributed by atoms with van der Waals surface area (Å²) in [6, 6.07) is 4.26. The number of nitrogen functional groups attached to an aromatic ring is 1. The van der Waals surface area contributed by atoms with Crippen LogP contribution in [0, 0.1) is 5.82 Å². The first-order valence-electron chi connectivity index (χ1n) is 5.70. The fourth-order valence-electron chi connectivity index (χ4n) is 1.37. The van der Waals surface area contributed by atoms with E-state index in [0.717, 1.165) is 0 Å². The summed E-state index contributed by atoms with van der Waals surface area (Å²) in [4.78, 5) is 11.9. The smallest absolute Gasteiger partial charge is 0.323 e. The molecule has 0 bridgehead atoms. The summed E-state index contributed by atoms with van der Waals surface area (Å²) in [6.45, 7) is 2.20. The SMILES string of the molecule is CCOc1nc(NN)nc(Nc2ccc(F)c(Cl)c2)n1. The minimum absolute atomic E-state index is 0.00809. The Morgan fingerprint density at radius 2 is 2.05 bits per heavy atom. The molecule has 0 aliphatic carbocycles. The van der Waals surface area contributed by atoms with Crippen LogP contribution in [-0.4, -0.2) is 21.6 Å². The standard InChI is InChI=1S/C11H12ClFN6O/c1-2-20-11-17-9(16-10(18-11)19-14)15-6-3-4-8(13)7(12)5-6/h3-5H,2,14H2,1H3,(H2,15,16,17,18,19). The average molecular weight is 299 g/mol. The molecule has 106 valence electrons. The zero-order valence-corrected chi connectivity index (χ0v) is 11.3. The van der Waals surface area contributed by atoms with Gasteiger partial charge in [0.2, 0.25) is 11.9 Å². The van der Waals surface area contributed by atoms with E-state index in [1.165, 1.54) is 18.2 Å². The molecule has 1 aromatic carbocycles. The van der Waals surface area contributed by atoms with E-state index in [0.29, 0.717) is 12.3 Å². The molecule has 2 rings (SSSR count). The number of nitrogens with one attached hydrogen (secondary N) is 2. The summed E-state index contributed by atoms with van der Waals surface area (Å²) in [5.74, 6) is 5.09. The number of aromatic nitrogens is 3. The minimum atomic E-state index is -0.507. The molecule has 0 spiro atoms. The molecule has 0 fully saturated rings. The number of rotatable bonds is 5. The highest BCUT2D eigenvalue weighted by atomic mass is 35.5. The van der Waals surface area contributed by atoms with E-state index in [1.807, 2.05) is 0 Å². The van der Waals surface area contributed by atoms with Crippen molar-refractivity contribution < 1.29 is 9.13 Å². The van der Waals surface area contributed by atoms with E-state index in [4.69, 9.17) is 22.2 Å². The molecule has 1 aromatic heterocycles. The Morgan fingerprint density at radius 1 is 1.30 bits per heavy atom. The van der Waals surface area contributed by atoms with Gasteiger partial charge in [0.15, 0.2) is 0 Å². The number of hydrogen-bond donors (Lipinski definition) is 3. The largest absolute Gasteiger partial charge is 0.464 e. The molecule has 0 amide bonds. The van der Waals surface area contributed by atoms with Gasteiger partial charge >= 0.3 is 6.01 Å². The molecular weight excluding hydrogens is 287 g/mol. The lowest BCUT2D eigenvalue weighted by Gasteiger charge is -2.08. The molecule has 4 N–H and O–H groups in total. The second-order valence-electron chi connectivity index (χ2n) is 3.60.